The Morgan fingerprint density at radius 3 is 1.82 bits per heavy atom. The Morgan fingerprint density at radius 2 is 1.25 bits per heavy atom. The first-order valence-electron chi connectivity index (χ1n) is 11.5. The first-order chi connectivity index (χ1) is 13.7. The summed E-state index contributed by atoms with van der Waals surface area (Å²) in [5, 5.41) is 11.0. The Morgan fingerprint density at radius 1 is 0.750 bits per heavy atom. The second-order valence-electron chi connectivity index (χ2n) is 8.06. The fraction of sp³-hybridized carbons (Fsp3) is 0.640. The summed E-state index contributed by atoms with van der Waals surface area (Å²) in [6, 6.07) is 7.16. The van der Waals surface area contributed by atoms with Crippen LogP contribution >= 0.6 is 0 Å². The van der Waals surface area contributed by atoms with Gasteiger partial charge in [-0.15, -0.1) is 0 Å². The standard InChI is InChI=1S/C25H38O3/c1-2-3-4-5-6-7-8-9-10-11-12-13-14-15-19-22-24(26)21-18-16-17-20-23(21)28-25(22)27/h16-18,20,26H,2-15,19H2,1H3. The van der Waals surface area contributed by atoms with Crippen LogP contribution in [-0.2, 0) is 6.42 Å². The summed E-state index contributed by atoms with van der Waals surface area (Å²) in [4.78, 5) is 12.1. The molecular formula is C25H38O3. The smallest absolute Gasteiger partial charge is 0.343 e. The largest absolute Gasteiger partial charge is 0.507 e. The number of rotatable bonds is 15. The van der Waals surface area contributed by atoms with E-state index in [1.54, 1.807) is 18.2 Å². The third kappa shape index (κ3) is 7.69. The quantitative estimate of drug-likeness (QED) is 0.254. The normalized spacial score (nSPS) is 11.3. The molecule has 2 rings (SSSR count). The predicted octanol–water partition coefficient (Wildman–Crippen LogP) is 7.52. The summed E-state index contributed by atoms with van der Waals surface area (Å²) in [7, 11) is 0. The second-order valence-corrected chi connectivity index (χ2v) is 8.06. The fourth-order valence-electron chi connectivity index (χ4n) is 3.89. The molecule has 0 fully saturated rings. The van der Waals surface area contributed by atoms with E-state index in [1.165, 1.54) is 77.0 Å². The molecule has 0 aliphatic heterocycles. The number of para-hydroxylation sites is 1. The van der Waals surface area contributed by atoms with Crippen molar-refractivity contribution in [2.45, 2.75) is 103 Å². The van der Waals surface area contributed by atoms with E-state index in [0.717, 1.165) is 12.8 Å². The molecule has 0 saturated carbocycles. The molecule has 0 spiro atoms. The minimum absolute atomic E-state index is 0.0987. The van der Waals surface area contributed by atoms with Gasteiger partial charge in [0.2, 0.25) is 0 Å². The Hall–Kier alpha value is -1.77. The van der Waals surface area contributed by atoms with Crippen LogP contribution in [0.15, 0.2) is 33.5 Å². The van der Waals surface area contributed by atoms with Gasteiger partial charge in [0.1, 0.15) is 11.3 Å². The van der Waals surface area contributed by atoms with Crippen LogP contribution in [0.2, 0.25) is 0 Å². The van der Waals surface area contributed by atoms with Crippen molar-refractivity contribution in [1.82, 2.24) is 0 Å². The van der Waals surface area contributed by atoms with Crippen LogP contribution in [0.5, 0.6) is 5.75 Å². The van der Waals surface area contributed by atoms with Crippen molar-refractivity contribution in [2.24, 2.45) is 0 Å². The highest BCUT2D eigenvalue weighted by Gasteiger charge is 2.12. The van der Waals surface area contributed by atoms with Gasteiger partial charge in [0.15, 0.2) is 0 Å². The zero-order valence-electron chi connectivity index (χ0n) is 17.7. The maximum Gasteiger partial charge on any atom is 0.343 e. The number of hydrogen-bond donors (Lipinski definition) is 1. The number of unbranched alkanes of at least 4 members (excludes halogenated alkanes) is 13. The lowest BCUT2D eigenvalue weighted by Crippen LogP contribution is -2.07. The lowest BCUT2D eigenvalue weighted by Gasteiger charge is -2.06. The summed E-state index contributed by atoms with van der Waals surface area (Å²) in [5.74, 6) is 0.0987. The summed E-state index contributed by atoms with van der Waals surface area (Å²) in [6.45, 7) is 2.27. The molecule has 28 heavy (non-hydrogen) atoms. The van der Waals surface area contributed by atoms with Crippen molar-refractivity contribution in [1.29, 1.82) is 0 Å². The van der Waals surface area contributed by atoms with E-state index < -0.39 is 5.63 Å². The molecule has 0 atom stereocenters. The SMILES string of the molecule is CCCCCCCCCCCCCCCCc1c(O)c2ccccc2oc1=O. The first kappa shape index (κ1) is 22.5. The van der Waals surface area contributed by atoms with Crippen molar-refractivity contribution in [3.63, 3.8) is 0 Å². The number of aromatic hydroxyl groups is 1. The molecule has 1 aromatic heterocycles. The van der Waals surface area contributed by atoms with E-state index in [1.807, 2.05) is 6.07 Å². The van der Waals surface area contributed by atoms with Crippen molar-refractivity contribution >= 4 is 11.0 Å². The summed E-state index contributed by atoms with van der Waals surface area (Å²) in [6.07, 6.45) is 18.9. The van der Waals surface area contributed by atoms with E-state index in [-0.39, 0.29) is 5.75 Å². The van der Waals surface area contributed by atoms with E-state index in [9.17, 15) is 9.90 Å². The molecule has 0 saturated heterocycles. The molecule has 2 aromatic rings. The van der Waals surface area contributed by atoms with Crippen LogP contribution in [-0.4, -0.2) is 5.11 Å². The number of benzene rings is 1. The predicted molar refractivity (Wildman–Crippen MR) is 118 cm³/mol. The van der Waals surface area contributed by atoms with Crippen LogP contribution in [0.1, 0.15) is 102 Å². The number of fused-ring (bicyclic) bond motifs is 1. The molecule has 0 aliphatic carbocycles. The van der Waals surface area contributed by atoms with Crippen LogP contribution in [0.25, 0.3) is 11.0 Å². The molecule has 1 N–H and O–H groups in total. The van der Waals surface area contributed by atoms with Crippen LogP contribution in [0.4, 0.5) is 0 Å². The third-order valence-electron chi connectivity index (χ3n) is 5.66. The van der Waals surface area contributed by atoms with E-state index in [2.05, 4.69) is 6.92 Å². The molecule has 3 nitrogen and oxygen atoms in total. The third-order valence-corrected chi connectivity index (χ3v) is 5.66. The van der Waals surface area contributed by atoms with Gasteiger partial charge in [0.25, 0.3) is 0 Å². The number of hydrogen-bond acceptors (Lipinski definition) is 3. The van der Waals surface area contributed by atoms with Crippen LogP contribution in [0.3, 0.4) is 0 Å². The molecule has 1 heterocycles. The molecule has 1 aromatic carbocycles. The van der Waals surface area contributed by atoms with Crippen molar-refractivity contribution in [3.05, 3.63) is 40.2 Å². The first-order valence-corrected chi connectivity index (χ1v) is 11.5. The summed E-state index contributed by atoms with van der Waals surface area (Å²) < 4.78 is 5.33. The van der Waals surface area contributed by atoms with Crippen molar-refractivity contribution in [2.75, 3.05) is 0 Å². The average molecular weight is 387 g/mol. The van der Waals surface area contributed by atoms with Gasteiger partial charge in [-0.05, 0) is 25.0 Å². The zero-order valence-corrected chi connectivity index (χ0v) is 17.7. The zero-order chi connectivity index (χ0) is 20.0. The van der Waals surface area contributed by atoms with E-state index in [0.29, 0.717) is 23.0 Å². The lowest BCUT2D eigenvalue weighted by molar-refractivity contribution is 0.453. The highest BCUT2D eigenvalue weighted by Crippen LogP contribution is 2.27. The van der Waals surface area contributed by atoms with Gasteiger partial charge in [0.05, 0.1) is 10.9 Å². The fourth-order valence-corrected chi connectivity index (χ4v) is 3.89. The molecule has 0 aliphatic rings. The minimum Gasteiger partial charge on any atom is -0.507 e. The van der Waals surface area contributed by atoms with E-state index >= 15 is 0 Å². The highest BCUT2D eigenvalue weighted by atomic mass is 16.4. The molecule has 0 unspecified atom stereocenters. The monoisotopic (exact) mass is 386 g/mol. The minimum atomic E-state index is -0.397. The Balaban J connectivity index is 1.52. The highest BCUT2D eigenvalue weighted by molar-refractivity contribution is 5.83. The Labute approximate surface area is 170 Å². The lowest BCUT2D eigenvalue weighted by atomic mass is 10.0. The van der Waals surface area contributed by atoms with Crippen LogP contribution < -0.4 is 5.63 Å². The van der Waals surface area contributed by atoms with Gasteiger partial charge in [-0.3, -0.25) is 0 Å². The van der Waals surface area contributed by atoms with Gasteiger partial charge < -0.3 is 9.52 Å². The van der Waals surface area contributed by atoms with Gasteiger partial charge in [-0.1, -0.05) is 103 Å². The van der Waals surface area contributed by atoms with Gasteiger partial charge in [0, 0.05) is 0 Å². The Bertz CT molecular complexity index is 732. The molecule has 3 heteroatoms. The van der Waals surface area contributed by atoms with Crippen LogP contribution in [0, 0.1) is 0 Å². The molecule has 0 amide bonds. The molecule has 156 valence electrons. The summed E-state index contributed by atoms with van der Waals surface area (Å²) in [5.41, 5.74) is 0.484. The maximum atomic E-state index is 12.1. The van der Waals surface area contributed by atoms with Gasteiger partial charge >= 0.3 is 5.63 Å². The molecular weight excluding hydrogens is 348 g/mol. The Kier molecular flexibility index (Phi) is 10.8. The van der Waals surface area contributed by atoms with E-state index in [4.69, 9.17) is 4.42 Å². The van der Waals surface area contributed by atoms with Crippen molar-refractivity contribution < 1.29 is 9.52 Å². The topological polar surface area (TPSA) is 50.4 Å². The molecule has 0 radical (unpaired) electrons. The summed E-state index contributed by atoms with van der Waals surface area (Å²) >= 11 is 0. The van der Waals surface area contributed by atoms with Gasteiger partial charge in [-0.2, -0.15) is 0 Å². The van der Waals surface area contributed by atoms with Crippen molar-refractivity contribution in [3.8, 4) is 5.75 Å². The van der Waals surface area contributed by atoms with Gasteiger partial charge in [-0.25, -0.2) is 4.79 Å². The average Bonchev–Trinajstić information content (AvgIpc) is 2.70. The second kappa shape index (κ2) is 13.4. The maximum absolute atomic E-state index is 12.1. The molecule has 0 bridgehead atoms.